The van der Waals surface area contributed by atoms with E-state index in [0.29, 0.717) is 5.06 Å². The molecule has 2 aromatic carbocycles. The minimum absolute atomic E-state index is 0.137. The summed E-state index contributed by atoms with van der Waals surface area (Å²) in [7, 11) is 1.58. The van der Waals surface area contributed by atoms with E-state index in [9.17, 15) is 19.2 Å². The number of likely N-dealkylation sites (N-methyl/N-ethyl adjacent to an activating group) is 1. The zero-order valence-electron chi connectivity index (χ0n) is 17.0. The lowest BCUT2D eigenvalue weighted by atomic mass is 9.68. The van der Waals surface area contributed by atoms with Crippen molar-refractivity contribution >= 4 is 30.9 Å². The van der Waals surface area contributed by atoms with Crippen molar-refractivity contribution in [2.24, 2.45) is 0 Å². The Morgan fingerprint density at radius 1 is 0.906 bits per heavy atom. The van der Waals surface area contributed by atoms with E-state index in [1.165, 1.54) is 24.3 Å². The van der Waals surface area contributed by atoms with E-state index in [1.807, 2.05) is 0 Å². The SMILES string of the molecule is C[N+]12CC(=O)O[B-]1(CN(OC(=O)Oc1ccccc1)C(=O)Oc1ccccc1)OC(=O)C2. The molecular weight excluding hydrogens is 423 g/mol. The highest BCUT2D eigenvalue weighted by Gasteiger charge is 2.66. The molecule has 12 heteroatoms. The number of fused-ring (bicyclic) bond motifs is 1. The predicted molar refractivity (Wildman–Crippen MR) is 107 cm³/mol. The Bertz CT molecular complexity index is 1030. The molecule has 0 radical (unpaired) electrons. The number of benzene rings is 2. The second kappa shape index (κ2) is 8.23. The summed E-state index contributed by atoms with van der Waals surface area (Å²) < 4.78 is 20.8. The Labute approximate surface area is 182 Å². The maximum atomic E-state index is 12.8. The van der Waals surface area contributed by atoms with Crippen molar-refractivity contribution in [3.8, 4) is 11.5 Å². The van der Waals surface area contributed by atoms with Gasteiger partial charge in [0.05, 0.1) is 6.44 Å². The van der Waals surface area contributed by atoms with Crippen LogP contribution in [0, 0.1) is 0 Å². The molecule has 0 atom stereocenters. The maximum Gasteiger partial charge on any atom is 0.606 e. The molecule has 2 saturated heterocycles. The van der Waals surface area contributed by atoms with E-state index in [2.05, 4.69) is 0 Å². The van der Waals surface area contributed by atoms with Gasteiger partial charge in [-0.05, 0) is 24.3 Å². The van der Waals surface area contributed by atoms with Crippen LogP contribution < -0.4 is 9.47 Å². The highest BCUT2D eigenvalue weighted by molar-refractivity contribution is 6.66. The minimum atomic E-state index is -2.71. The van der Waals surface area contributed by atoms with Crippen molar-refractivity contribution < 1.29 is 47.2 Å². The molecule has 2 fully saturated rings. The molecule has 0 N–H and O–H groups in total. The number of rotatable bonds is 4. The molecule has 11 nitrogen and oxygen atoms in total. The molecule has 2 aliphatic rings. The standard InChI is InChI=1S/C20H19BN2O9/c1-23-12-17(24)30-21(23,31-18(25)13-23)14-22(19(26)28-15-8-4-2-5-9-15)32-20(27)29-16-10-6-3-7-11-16/h2-11H,12-14H2,1H3. The smallest absolute Gasteiger partial charge is 0.599 e. The van der Waals surface area contributed by atoms with E-state index >= 15 is 0 Å². The first-order chi connectivity index (χ1) is 15.3. The number of quaternary nitrogens is 1. The average Bonchev–Trinajstić information content (AvgIpc) is 3.10. The van der Waals surface area contributed by atoms with Crippen LogP contribution in [-0.4, -0.2) is 66.9 Å². The summed E-state index contributed by atoms with van der Waals surface area (Å²) in [5, 5.41) is 0.520. The Morgan fingerprint density at radius 2 is 1.41 bits per heavy atom. The fraction of sp³-hybridized carbons (Fsp3) is 0.200. The van der Waals surface area contributed by atoms with Crippen LogP contribution in [0.25, 0.3) is 0 Å². The summed E-state index contributed by atoms with van der Waals surface area (Å²) in [6.45, 7) is -2.99. The molecule has 166 valence electrons. The Kier molecular flexibility index (Phi) is 5.45. The van der Waals surface area contributed by atoms with Crippen LogP contribution in [0.15, 0.2) is 60.7 Å². The third kappa shape index (κ3) is 4.21. The zero-order chi connectivity index (χ0) is 22.8. The zero-order valence-corrected chi connectivity index (χ0v) is 17.0. The number of ether oxygens (including phenoxy) is 2. The van der Waals surface area contributed by atoms with Crippen molar-refractivity contribution in [1.29, 1.82) is 0 Å². The summed E-state index contributed by atoms with van der Waals surface area (Å²) in [5.74, 6) is -0.860. The molecular formula is C20H19BN2O9. The molecule has 4 rings (SSSR count). The molecule has 2 aliphatic heterocycles. The minimum Gasteiger partial charge on any atom is -0.599 e. The number of amides is 1. The van der Waals surface area contributed by atoms with Gasteiger partial charge in [-0.25, -0.2) is 9.59 Å². The fourth-order valence-corrected chi connectivity index (χ4v) is 3.65. The summed E-state index contributed by atoms with van der Waals surface area (Å²) in [4.78, 5) is 54.3. The molecule has 0 saturated carbocycles. The van der Waals surface area contributed by atoms with Gasteiger partial charge in [0, 0.05) is 7.05 Å². The van der Waals surface area contributed by atoms with E-state index in [-0.39, 0.29) is 29.0 Å². The molecule has 0 aliphatic carbocycles. The molecule has 0 aromatic heterocycles. The van der Waals surface area contributed by atoms with Crippen molar-refractivity contribution in [3.05, 3.63) is 60.7 Å². The van der Waals surface area contributed by atoms with Crippen LogP contribution in [0.3, 0.4) is 0 Å². The van der Waals surface area contributed by atoms with E-state index in [4.69, 9.17) is 23.6 Å². The summed E-state index contributed by atoms with van der Waals surface area (Å²) in [6, 6.07) is 16.1. The monoisotopic (exact) mass is 442 g/mol. The Morgan fingerprint density at radius 3 is 1.94 bits per heavy atom. The lowest BCUT2D eigenvalue weighted by Gasteiger charge is -2.40. The summed E-state index contributed by atoms with van der Waals surface area (Å²) >= 11 is 0. The molecule has 1 amide bonds. The van der Waals surface area contributed by atoms with Gasteiger partial charge in [-0.3, -0.25) is 9.59 Å². The van der Waals surface area contributed by atoms with Gasteiger partial charge in [-0.2, -0.15) is 5.06 Å². The topological polar surface area (TPSA) is 118 Å². The number of carbonyl (C=O) groups excluding carboxylic acids is 4. The van der Waals surface area contributed by atoms with Gasteiger partial charge in [-0.1, -0.05) is 36.4 Å². The first kappa shape index (κ1) is 21.2. The fourth-order valence-electron chi connectivity index (χ4n) is 3.65. The van der Waals surface area contributed by atoms with E-state index in [0.717, 1.165) is 0 Å². The normalized spacial score (nSPS) is 23.5. The molecule has 0 bridgehead atoms. The third-order valence-electron chi connectivity index (χ3n) is 5.24. The highest BCUT2D eigenvalue weighted by Crippen LogP contribution is 2.34. The number of carbonyl (C=O) groups is 4. The lowest BCUT2D eigenvalue weighted by Crippen LogP contribution is -2.66. The van der Waals surface area contributed by atoms with Gasteiger partial charge >= 0.3 is 30.9 Å². The van der Waals surface area contributed by atoms with E-state index < -0.39 is 37.3 Å². The molecule has 0 spiro atoms. The summed E-state index contributed by atoms with van der Waals surface area (Å²) in [5.41, 5.74) is 0. The Hall–Kier alpha value is -4.06. The van der Waals surface area contributed by atoms with Crippen LogP contribution >= 0.6 is 0 Å². The first-order valence-corrected chi connectivity index (χ1v) is 9.71. The van der Waals surface area contributed by atoms with Gasteiger partial charge in [0.25, 0.3) is 0 Å². The largest absolute Gasteiger partial charge is 0.606 e. The number of para-hydroxylation sites is 2. The summed E-state index contributed by atoms with van der Waals surface area (Å²) in [6.07, 6.45) is -2.91. The number of hydrogen-bond acceptors (Lipinski definition) is 9. The molecule has 32 heavy (non-hydrogen) atoms. The third-order valence-corrected chi connectivity index (χ3v) is 5.24. The number of nitrogens with zero attached hydrogens (tertiary/aromatic N) is 2. The molecule has 0 unspecified atom stereocenters. The number of hydrogen-bond donors (Lipinski definition) is 0. The van der Waals surface area contributed by atoms with Crippen LogP contribution in [0.2, 0.25) is 0 Å². The van der Waals surface area contributed by atoms with Crippen molar-refractivity contribution in [3.63, 3.8) is 0 Å². The van der Waals surface area contributed by atoms with Crippen LogP contribution in [-0.2, 0) is 23.7 Å². The van der Waals surface area contributed by atoms with E-state index in [1.54, 1.807) is 43.4 Å². The van der Waals surface area contributed by atoms with Crippen LogP contribution in [0.5, 0.6) is 11.5 Å². The quantitative estimate of drug-likeness (QED) is 0.302. The van der Waals surface area contributed by atoms with Gasteiger partial charge in [0.2, 0.25) is 0 Å². The average molecular weight is 442 g/mol. The number of hydroxylamine groups is 2. The molecule has 2 heterocycles. The van der Waals surface area contributed by atoms with Gasteiger partial charge in [-0.15, -0.1) is 0 Å². The van der Waals surface area contributed by atoms with Gasteiger partial charge < -0.3 is 28.0 Å². The Balaban J connectivity index is 1.57. The van der Waals surface area contributed by atoms with Crippen LogP contribution in [0.1, 0.15) is 0 Å². The second-order valence-electron chi connectivity index (χ2n) is 7.60. The highest BCUT2D eigenvalue weighted by atomic mass is 16.8. The van der Waals surface area contributed by atoms with Crippen LogP contribution in [0.4, 0.5) is 9.59 Å². The van der Waals surface area contributed by atoms with Gasteiger partial charge in [0.1, 0.15) is 24.6 Å². The van der Waals surface area contributed by atoms with Crippen molar-refractivity contribution in [2.75, 3.05) is 26.6 Å². The molecule has 2 aromatic rings. The van der Waals surface area contributed by atoms with Crippen molar-refractivity contribution in [1.82, 2.24) is 5.06 Å². The first-order valence-electron chi connectivity index (χ1n) is 9.71. The van der Waals surface area contributed by atoms with Crippen molar-refractivity contribution in [2.45, 2.75) is 0 Å². The predicted octanol–water partition coefficient (Wildman–Crippen LogP) is 1.66. The lowest BCUT2D eigenvalue weighted by molar-refractivity contribution is -0.794. The van der Waals surface area contributed by atoms with Gasteiger partial charge in [0.15, 0.2) is 0 Å². The second-order valence-corrected chi connectivity index (χ2v) is 7.60. The maximum absolute atomic E-state index is 12.8.